The molecule has 0 bridgehead atoms. The van der Waals surface area contributed by atoms with E-state index in [2.05, 4.69) is 15.6 Å². The summed E-state index contributed by atoms with van der Waals surface area (Å²) < 4.78 is 5.10. The van der Waals surface area contributed by atoms with Gasteiger partial charge in [0, 0.05) is 19.2 Å². The molecule has 0 aliphatic rings. The summed E-state index contributed by atoms with van der Waals surface area (Å²) in [5.41, 5.74) is 6.41. The number of aromatic nitrogens is 1. The molecule has 106 valence electrons. The Bertz CT molecular complexity index is 446. The van der Waals surface area contributed by atoms with Crippen LogP contribution < -0.4 is 16.4 Å². The molecular weight excluding hydrogens is 268 g/mol. The second-order valence-corrected chi connectivity index (χ2v) is 5.34. The van der Waals surface area contributed by atoms with Gasteiger partial charge in [0.05, 0.1) is 17.6 Å². The number of ether oxygens (including phenoxy) is 1. The van der Waals surface area contributed by atoms with Crippen molar-refractivity contribution in [3.63, 3.8) is 0 Å². The number of hydrogen-bond acceptors (Lipinski definition) is 5. The van der Waals surface area contributed by atoms with E-state index in [0.717, 1.165) is 0 Å². The molecule has 4 N–H and O–H groups in total. The summed E-state index contributed by atoms with van der Waals surface area (Å²) in [5, 5.41) is 6.04. The maximum absolute atomic E-state index is 11.4. The van der Waals surface area contributed by atoms with E-state index in [4.69, 9.17) is 22.1 Å². The minimum Gasteiger partial charge on any atom is -0.444 e. The zero-order valence-electron chi connectivity index (χ0n) is 11.3. The monoisotopic (exact) mass is 286 g/mol. The number of nitrogen functional groups attached to an aromatic ring is 1. The van der Waals surface area contributed by atoms with Crippen LogP contribution in [0.25, 0.3) is 0 Å². The Morgan fingerprint density at radius 3 is 2.79 bits per heavy atom. The van der Waals surface area contributed by atoms with Crippen LogP contribution in [-0.4, -0.2) is 29.8 Å². The highest BCUT2D eigenvalue weighted by atomic mass is 35.5. The van der Waals surface area contributed by atoms with Crippen LogP contribution in [0.2, 0.25) is 5.15 Å². The molecule has 6 nitrogen and oxygen atoms in total. The second kappa shape index (κ2) is 6.47. The van der Waals surface area contributed by atoms with Gasteiger partial charge in [0.2, 0.25) is 0 Å². The topological polar surface area (TPSA) is 89.3 Å². The fourth-order valence-electron chi connectivity index (χ4n) is 1.27. The van der Waals surface area contributed by atoms with E-state index in [1.807, 2.05) is 20.8 Å². The smallest absolute Gasteiger partial charge is 0.407 e. The van der Waals surface area contributed by atoms with Gasteiger partial charge in [-0.05, 0) is 20.8 Å². The number of amides is 1. The van der Waals surface area contributed by atoms with Crippen LogP contribution >= 0.6 is 11.6 Å². The van der Waals surface area contributed by atoms with Gasteiger partial charge in [-0.1, -0.05) is 11.6 Å². The van der Waals surface area contributed by atoms with Crippen molar-refractivity contribution in [1.29, 1.82) is 0 Å². The lowest BCUT2D eigenvalue weighted by molar-refractivity contribution is 0.0530. The molecule has 1 rings (SSSR count). The van der Waals surface area contributed by atoms with Crippen LogP contribution in [0.4, 0.5) is 16.2 Å². The third-order valence-corrected chi connectivity index (χ3v) is 2.22. The number of carbonyl (C=O) groups is 1. The molecule has 19 heavy (non-hydrogen) atoms. The number of alkyl carbamates (subject to hydrolysis) is 1. The van der Waals surface area contributed by atoms with Crippen molar-refractivity contribution in [3.05, 3.63) is 17.4 Å². The summed E-state index contributed by atoms with van der Waals surface area (Å²) in [6.07, 6.45) is 1.03. The van der Waals surface area contributed by atoms with E-state index < -0.39 is 11.7 Å². The standard InChI is InChI=1S/C12H19ClN4O2/c1-12(2,3)19-11(18)16-5-4-15-9-6-10(13)17-7-8(9)14/h6-7H,4-5,14H2,1-3H3,(H,15,17)(H,16,18). The molecule has 0 radical (unpaired) electrons. The molecule has 0 saturated carbocycles. The Morgan fingerprint density at radius 1 is 1.47 bits per heavy atom. The number of pyridine rings is 1. The fraction of sp³-hybridized carbons (Fsp3) is 0.500. The van der Waals surface area contributed by atoms with Gasteiger partial charge < -0.3 is 21.1 Å². The van der Waals surface area contributed by atoms with E-state index in [1.54, 1.807) is 6.07 Å². The summed E-state index contributed by atoms with van der Waals surface area (Å²) >= 11 is 5.76. The number of halogens is 1. The highest BCUT2D eigenvalue weighted by molar-refractivity contribution is 6.29. The first-order valence-corrected chi connectivity index (χ1v) is 6.27. The number of carbonyl (C=O) groups excluding carboxylic acids is 1. The van der Waals surface area contributed by atoms with Gasteiger partial charge in [-0.15, -0.1) is 0 Å². The minimum absolute atomic E-state index is 0.358. The van der Waals surface area contributed by atoms with E-state index in [0.29, 0.717) is 29.6 Å². The SMILES string of the molecule is CC(C)(C)OC(=O)NCCNc1cc(Cl)ncc1N. The van der Waals surface area contributed by atoms with Crippen molar-refractivity contribution in [2.45, 2.75) is 26.4 Å². The molecular formula is C12H19ClN4O2. The molecule has 0 fully saturated rings. The summed E-state index contributed by atoms with van der Waals surface area (Å²) in [7, 11) is 0. The van der Waals surface area contributed by atoms with Gasteiger partial charge in [0.1, 0.15) is 10.8 Å². The Labute approximate surface area is 117 Å². The van der Waals surface area contributed by atoms with Crippen molar-refractivity contribution in [1.82, 2.24) is 10.3 Å². The first-order valence-electron chi connectivity index (χ1n) is 5.89. The first-order chi connectivity index (χ1) is 8.78. The summed E-state index contributed by atoms with van der Waals surface area (Å²) in [6, 6.07) is 1.63. The zero-order chi connectivity index (χ0) is 14.5. The number of anilines is 2. The van der Waals surface area contributed by atoms with Crippen molar-refractivity contribution in [2.75, 3.05) is 24.1 Å². The minimum atomic E-state index is -0.499. The van der Waals surface area contributed by atoms with E-state index >= 15 is 0 Å². The van der Waals surface area contributed by atoms with E-state index in [9.17, 15) is 4.79 Å². The molecule has 0 aromatic carbocycles. The number of nitrogens with zero attached hydrogens (tertiary/aromatic N) is 1. The Balaban J connectivity index is 2.31. The average Bonchev–Trinajstić information content (AvgIpc) is 2.26. The molecule has 1 amide bonds. The maximum Gasteiger partial charge on any atom is 0.407 e. The zero-order valence-corrected chi connectivity index (χ0v) is 12.0. The molecule has 1 aromatic rings. The Hall–Kier alpha value is -1.69. The average molecular weight is 287 g/mol. The molecule has 7 heteroatoms. The van der Waals surface area contributed by atoms with E-state index in [1.165, 1.54) is 6.20 Å². The summed E-state index contributed by atoms with van der Waals surface area (Å²) in [6.45, 7) is 6.34. The molecule has 0 aliphatic carbocycles. The van der Waals surface area contributed by atoms with Gasteiger partial charge in [0.25, 0.3) is 0 Å². The molecule has 0 saturated heterocycles. The lowest BCUT2D eigenvalue weighted by Crippen LogP contribution is -2.35. The largest absolute Gasteiger partial charge is 0.444 e. The Morgan fingerprint density at radius 2 is 2.16 bits per heavy atom. The normalized spacial score (nSPS) is 10.9. The highest BCUT2D eigenvalue weighted by Gasteiger charge is 2.15. The molecule has 1 heterocycles. The van der Waals surface area contributed by atoms with Crippen LogP contribution in [0.5, 0.6) is 0 Å². The van der Waals surface area contributed by atoms with Crippen molar-refractivity contribution in [2.24, 2.45) is 0 Å². The third-order valence-electron chi connectivity index (χ3n) is 2.01. The van der Waals surface area contributed by atoms with Crippen LogP contribution in [0.3, 0.4) is 0 Å². The lowest BCUT2D eigenvalue weighted by atomic mass is 10.2. The second-order valence-electron chi connectivity index (χ2n) is 4.95. The van der Waals surface area contributed by atoms with Gasteiger partial charge in [-0.25, -0.2) is 9.78 Å². The first kappa shape index (κ1) is 15.4. The van der Waals surface area contributed by atoms with Gasteiger partial charge >= 0.3 is 6.09 Å². The van der Waals surface area contributed by atoms with Crippen molar-refractivity contribution >= 4 is 29.1 Å². The molecule has 1 aromatic heterocycles. The highest BCUT2D eigenvalue weighted by Crippen LogP contribution is 2.19. The quantitative estimate of drug-likeness (QED) is 0.583. The predicted molar refractivity (Wildman–Crippen MR) is 76.4 cm³/mol. The molecule has 0 atom stereocenters. The number of nitrogens with one attached hydrogen (secondary N) is 2. The van der Waals surface area contributed by atoms with Crippen LogP contribution in [0, 0.1) is 0 Å². The van der Waals surface area contributed by atoms with Crippen molar-refractivity contribution in [3.8, 4) is 0 Å². The van der Waals surface area contributed by atoms with E-state index in [-0.39, 0.29) is 0 Å². The van der Waals surface area contributed by atoms with Crippen LogP contribution in [0.15, 0.2) is 12.3 Å². The van der Waals surface area contributed by atoms with Crippen molar-refractivity contribution < 1.29 is 9.53 Å². The summed E-state index contributed by atoms with van der Waals surface area (Å²) in [5.74, 6) is 0. The molecule has 0 unspecified atom stereocenters. The maximum atomic E-state index is 11.4. The third kappa shape index (κ3) is 6.15. The van der Waals surface area contributed by atoms with Gasteiger partial charge in [-0.3, -0.25) is 0 Å². The Kier molecular flexibility index (Phi) is 5.23. The molecule has 0 spiro atoms. The van der Waals surface area contributed by atoms with Crippen LogP contribution in [-0.2, 0) is 4.74 Å². The van der Waals surface area contributed by atoms with Crippen LogP contribution in [0.1, 0.15) is 20.8 Å². The summed E-state index contributed by atoms with van der Waals surface area (Å²) in [4.78, 5) is 15.2. The lowest BCUT2D eigenvalue weighted by Gasteiger charge is -2.19. The molecule has 0 aliphatic heterocycles. The number of rotatable bonds is 4. The number of hydrogen-bond donors (Lipinski definition) is 3. The fourth-order valence-corrected chi connectivity index (χ4v) is 1.43. The van der Waals surface area contributed by atoms with Gasteiger partial charge in [-0.2, -0.15) is 0 Å². The van der Waals surface area contributed by atoms with Gasteiger partial charge in [0.15, 0.2) is 0 Å². The number of nitrogens with two attached hydrogens (primary N) is 1. The predicted octanol–water partition coefficient (Wildman–Crippen LogP) is 2.25.